The Labute approximate surface area is 329 Å². The number of phenolic OH excluding ortho intramolecular Hbond substituents is 1. The maximum absolute atomic E-state index is 13.8. The molecule has 8 nitrogen and oxygen atoms in total. The maximum Gasteiger partial charge on any atom is 0.255 e. The quantitative estimate of drug-likeness (QED) is 0.160. The van der Waals surface area contributed by atoms with Crippen LogP contribution in [-0.2, 0) is 17.8 Å². The highest BCUT2D eigenvalue weighted by Gasteiger charge is 2.45. The van der Waals surface area contributed by atoms with Crippen LogP contribution in [-0.4, -0.2) is 72.1 Å². The summed E-state index contributed by atoms with van der Waals surface area (Å²) in [5.74, 6) is 1.11. The number of benzene rings is 4. The van der Waals surface area contributed by atoms with E-state index in [0.717, 1.165) is 86.5 Å². The van der Waals surface area contributed by atoms with Crippen molar-refractivity contribution < 1.29 is 23.8 Å². The molecule has 9 heteroatoms. The standard InChI is InChI=1S/C47H51FN4O4/c1-31-4-19-43(45(54)49-31)52-28-35-26-37(12-17-42(35)46(52)55)51-29-47(30-51)20-23-50(24-21-47)22-2-3-25-56-39-14-7-33(8-15-39)44-40(32-5-10-36(48)11-6-32)16-9-34-27-38(53)13-18-41(34)44/h5-8,10-15,17-18,26-27,40,43-44,53H,1-4,9,16,19-25,28-30H2,(H,49,54)/t40-,43?,44+/m0/s1. The molecule has 0 bridgehead atoms. The van der Waals surface area contributed by atoms with Crippen LogP contribution < -0.4 is 15.0 Å². The van der Waals surface area contributed by atoms with Gasteiger partial charge >= 0.3 is 0 Å². The Morgan fingerprint density at radius 3 is 2.39 bits per heavy atom. The van der Waals surface area contributed by atoms with Gasteiger partial charge < -0.3 is 29.9 Å². The zero-order chi connectivity index (χ0) is 38.4. The zero-order valence-corrected chi connectivity index (χ0v) is 32.0. The number of nitrogens with zero attached hydrogens (tertiary/aromatic N) is 3. The van der Waals surface area contributed by atoms with Crippen LogP contribution in [0.5, 0.6) is 11.5 Å². The second-order valence-electron chi connectivity index (χ2n) is 16.8. The molecule has 0 aromatic heterocycles. The number of anilines is 1. The molecule has 5 aliphatic rings. The number of ether oxygens (including phenoxy) is 1. The van der Waals surface area contributed by atoms with Crippen LogP contribution in [0.2, 0.25) is 0 Å². The number of hydrogen-bond donors (Lipinski definition) is 2. The lowest BCUT2D eigenvalue weighted by Gasteiger charge is -2.55. The summed E-state index contributed by atoms with van der Waals surface area (Å²) in [6, 6.07) is 26.9. The Hall–Kier alpha value is -5.15. The Bertz CT molecular complexity index is 2120. The van der Waals surface area contributed by atoms with E-state index in [4.69, 9.17) is 4.74 Å². The number of aromatic hydroxyl groups is 1. The van der Waals surface area contributed by atoms with E-state index < -0.39 is 6.04 Å². The summed E-state index contributed by atoms with van der Waals surface area (Å²) >= 11 is 0. The molecule has 4 aliphatic heterocycles. The lowest BCUT2D eigenvalue weighted by atomic mass is 9.69. The van der Waals surface area contributed by atoms with Crippen molar-refractivity contribution in [3.63, 3.8) is 0 Å². The predicted molar refractivity (Wildman–Crippen MR) is 216 cm³/mol. The molecule has 9 rings (SSSR count). The Kier molecular flexibility index (Phi) is 9.82. The molecule has 4 heterocycles. The monoisotopic (exact) mass is 754 g/mol. The van der Waals surface area contributed by atoms with Crippen molar-refractivity contribution in [3.8, 4) is 11.5 Å². The smallest absolute Gasteiger partial charge is 0.255 e. The molecule has 3 atom stereocenters. The molecule has 2 N–H and O–H groups in total. The molecule has 4 aromatic carbocycles. The van der Waals surface area contributed by atoms with Crippen LogP contribution in [0.4, 0.5) is 10.1 Å². The maximum atomic E-state index is 13.8. The normalized spacial score (nSPS) is 23.1. The molecule has 4 aromatic rings. The van der Waals surface area contributed by atoms with Gasteiger partial charge in [-0.05, 0) is 159 Å². The van der Waals surface area contributed by atoms with Gasteiger partial charge in [-0.25, -0.2) is 4.39 Å². The van der Waals surface area contributed by atoms with Crippen molar-refractivity contribution in [1.82, 2.24) is 15.1 Å². The second-order valence-corrected chi connectivity index (χ2v) is 16.8. The minimum absolute atomic E-state index is 0.0456. The predicted octanol–water partition coefficient (Wildman–Crippen LogP) is 7.90. The number of carbonyl (C=O) groups is 2. The summed E-state index contributed by atoms with van der Waals surface area (Å²) in [5.41, 5.74) is 8.75. The number of allylic oxidation sites excluding steroid dienone is 1. The number of nitrogens with one attached hydrogen (secondary N) is 1. The fourth-order valence-electron chi connectivity index (χ4n) is 10.0. The lowest BCUT2D eigenvalue weighted by molar-refractivity contribution is -0.126. The third kappa shape index (κ3) is 7.18. The molecule has 1 unspecified atom stereocenters. The summed E-state index contributed by atoms with van der Waals surface area (Å²) in [6.45, 7) is 10.5. The van der Waals surface area contributed by atoms with Crippen LogP contribution >= 0.6 is 0 Å². The molecule has 3 saturated heterocycles. The minimum atomic E-state index is -0.430. The van der Waals surface area contributed by atoms with Crippen LogP contribution in [0.1, 0.15) is 95.0 Å². The fraction of sp³-hybridized carbons (Fsp3) is 0.404. The summed E-state index contributed by atoms with van der Waals surface area (Å²) in [5, 5.41) is 13.0. The topological polar surface area (TPSA) is 85.4 Å². The summed E-state index contributed by atoms with van der Waals surface area (Å²) in [7, 11) is 0. The van der Waals surface area contributed by atoms with E-state index in [1.165, 1.54) is 35.2 Å². The van der Waals surface area contributed by atoms with Gasteiger partial charge in [0.25, 0.3) is 5.91 Å². The first-order valence-electron chi connectivity index (χ1n) is 20.4. The molecule has 3 fully saturated rings. The van der Waals surface area contributed by atoms with E-state index in [1.807, 2.05) is 30.3 Å². The molecule has 1 aliphatic carbocycles. The number of carbonyl (C=O) groups excluding carboxylic acids is 2. The van der Waals surface area contributed by atoms with E-state index in [0.29, 0.717) is 37.2 Å². The van der Waals surface area contributed by atoms with Crippen LogP contribution in [0.25, 0.3) is 0 Å². The number of rotatable bonds is 10. The van der Waals surface area contributed by atoms with Crippen LogP contribution in [0.15, 0.2) is 97.2 Å². The van der Waals surface area contributed by atoms with Crippen molar-refractivity contribution in [1.29, 1.82) is 0 Å². The average Bonchev–Trinajstić information content (AvgIpc) is 3.52. The largest absolute Gasteiger partial charge is 0.508 e. The van der Waals surface area contributed by atoms with E-state index in [9.17, 15) is 19.1 Å². The van der Waals surface area contributed by atoms with Crippen molar-refractivity contribution in [2.24, 2.45) is 5.41 Å². The van der Waals surface area contributed by atoms with E-state index >= 15 is 0 Å². The highest BCUT2D eigenvalue weighted by molar-refractivity contribution is 6.01. The first-order chi connectivity index (χ1) is 27.2. The van der Waals surface area contributed by atoms with Gasteiger partial charge in [-0.3, -0.25) is 9.59 Å². The SMILES string of the molecule is C=C1CCC(N2Cc3cc(N4CC5(CCN(CCCCOc6ccc([C@H]7c8ccc(O)cc8CC[C@H]7c7ccc(F)cc7)cc6)CC5)C4)ccc3C2=O)C(=O)N1. The Morgan fingerprint density at radius 1 is 0.857 bits per heavy atom. The first-order valence-corrected chi connectivity index (χ1v) is 20.4. The number of phenols is 1. The van der Waals surface area contributed by atoms with Gasteiger partial charge in [0.15, 0.2) is 0 Å². The van der Waals surface area contributed by atoms with E-state index in [1.54, 1.807) is 23.1 Å². The number of halogens is 1. The first kappa shape index (κ1) is 36.5. The molecule has 0 radical (unpaired) electrons. The summed E-state index contributed by atoms with van der Waals surface area (Å²) < 4.78 is 20.0. The number of unbranched alkanes of at least 4 members (excludes halogenated alkanes) is 1. The van der Waals surface area contributed by atoms with Gasteiger partial charge in [-0.1, -0.05) is 36.9 Å². The van der Waals surface area contributed by atoms with Crippen molar-refractivity contribution in [2.75, 3.05) is 44.2 Å². The Balaban J connectivity index is 0.721. The molecule has 2 amide bonds. The van der Waals surface area contributed by atoms with Gasteiger partial charge in [-0.2, -0.15) is 0 Å². The Morgan fingerprint density at radius 2 is 1.62 bits per heavy atom. The molecular weight excluding hydrogens is 704 g/mol. The van der Waals surface area contributed by atoms with Gasteiger partial charge in [0.05, 0.1) is 6.61 Å². The van der Waals surface area contributed by atoms with Gasteiger partial charge in [-0.15, -0.1) is 0 Å². The van der Waals surface area contributed by atoms with Crippen molar-refractivity contribution in [3.05, 3.63) is 136 Å². The zero-order valence-electron chi connectivity index (χ0n) is 32.0. The molecular formula is C47H51FN4O4. The third-order valence-corrected chi connectivity index (χ3v) is 13.2. The van der Waals surface area contributed by atoms with Gasteiger partial charge in [0.1, 0.15) is 23.4 Å². The number of amides is 2. The number of fused-ring (bicyclic) bond motifs is 2. The molecule has 290 valence electrons. The number of aryl methyl sites for hydroxylation is 1. The molecule has 0 saturated carbocycles. The minimum Gasteiger partial charge on any atom is -0.508 e. The van der Waals surface area contributed by atoms with Crippen LogP contribution in [0.3, 0.4) is 0 Å². The molecule has 56 heavy (non-hydrogen) atoms. The van der Waals surface area contributed by atoms with E-state index in [2.05, 4.69) is 58.1 Å². The molecule has 1 spiro atoms. The van der Waals surface area contributed by atoms with Gasteiger partial charge in [0.2, 0.25) is 5.91 Å². The van der Waals surface area contributed by atoms with Crippen molar-refractivity contribution >= 4 is 17.5 Å². The number of piperidine rings is 2. The average molecular weight is 755 g/mol. The lowest BCUT2D eigenvalue weighted by Crippen LogP contribution is -2.60. The second kappa shape index (κ2) is 15.1. The number of hydrogen-bond acceptors (Lipinski definition) is 6. The number of likely N-dealkylation sites (tertiary alicyclic amines) is 1. The highest BCUT2D eigenvalue weighted by Crippen LogP contribution is 2.47. The third-order valence-electron chi connectivity index (χ3n) is 13.2. The van der Waals surface area contributed by atoms with E-state index in [-0.39, 0.29) is 29.5 Å². The summed E-state index contributed by atoms with van der Waals surface area (Å²) in [4.78, 5) is 32.6. The fourth-order valence-corrected chi connectivity index (χ4v) is 10.0. The highest BCUT2D eigenvalue weighted by atomic mass is 19.1. The van der Waals surface area contributed by atoms with Crippen LogP contribution in [0, 0.1) is 11.2 Å². The van der Waals surface area contributed by atoms with Gasteiger partial charge in [0, 0.05) is 47.9 Å². The summed E-state index contributed by atoms with van der Waals surface area (Å²) in [6.07, 6.45) is 7.66. The van der Waals surface area contributed by atoms with Crippen molar-refractivity contribution in [2.45, 2.75) is 75.8 Å².